The van der Waals surface area contributed by atoms with Crippen LogP contribution in [-0.4, -0.2) is 35.4 Å². The second-order valence-electron chi connectivity index (χ2n) is 7.30. The predicted octanol–water partition coefficient (Wildman–Crippen LogP) is 2.76. The van der Waals surface area contributed by atoms with Gasteiger partial charge in [0.1, 0.15) is 23.7 Å². The number of nitrogens with zero attached hydrogens (tertiary/aromatic N) is 2. The van der Waals surface area contributed by atoms with Crippen molar-refractivity contribution in [3.8, 4) is 11.5 Å². The number of nitrogens with one attached hydrogen (secondary N) is 1. The molecule has 0 amide bonds. The number of aromatic nitrogens is 2. The summed E-state index contributed by atoms with van der Waals surface area (Å²) in [5, 5.41) is 3.70. The van der Waals surface area contributed by atoms with E-state index in [0.29, 0.717) is 6.04 Å². The maximum Gasteiger partial charge on any atom is 0.127 e. The largest absolute Gasteiger partial charge is 0.497 e. The highest BCUT2D eigenvalue weighted by atomic mass is 16.5. The van der Waals surface area contributed by atoms with Gasteiger partial charge in [-0.1, -0.05) is 0 Å². The average molecular weight is 357 g/mol. The highest BCUT2D eigenvalue weighted by Gasteiger charge is 2.27. The van der Waals surface area contributed by atoms with Gasteiger partial charge in [0.15, 0.2) is 0 Å². The number of benzene rings is 1. The molecule has 0 radical (unpaired) electrons. The van der Waals surface area contributed by atoms with Crippen molar-refractivity contribution < 1.29 is 14.2 Å². The molecule has 0 aliphatic carbocycles. The van der Waals surface area contributed by atoms with Crippen LogP contribution < -0.4 is 14.8 Å². The van der Waals surface area contributed by atoms with Gasteiger partial charge in [-0.3, -0.25) is 0 Å². The van der Waals surface area contributed by atoms with Crippen molar-refractivity contribution in [2.24, 2.45) is 7.05 Å². The molecule has 2 aromatic rings. The van der Waals surface area contributed by atoms with Crippen LogP contribution in [0.1, 0.15) is 42.7 Å². The molecule has 0 spiro atoms. The highest BCUT2D eigenvalue weighted by molar-refractivity contribution is 5.49. The molecule has 1 saturated heterocycles. The maximum atomic E-state index is 6.04. The number of ether oxygens (including phenoxy) is 3. The summed E-state index contributed by atoms with van der Waals surface area (Å²) in [4.78, 5) is 4.21. The molecule has 0 bridgehead atoms. The van der Waals surface area contributed by atoms with E-state index in [2.05, 4.69) is 29.4 Å². The number of hydrogen-bond acceptors (Lipinski definition) is 5. The topological polar surface area (TPSA) is 57.5 Å². The van der Waals surface area contributed by atoms with Gasteiger partial charge in [0.25, 0.3) is 0 Å². The van der Waals surface area contributed by atoms with Crippen LogP contribution in [0.25, 0.3) is 0 Å². The minimum atomic E-state index is 0.0982. The third-order valence-corrected chi connectivity index (χ3v) is 5.33. The molecule has 1 fully saturated rings. The molecule has 26 heavy (non-hydrogen) atoms. The summed E-state index contributed by atoms with van der Waals surface area (Å²) in [5.74, 6) is 1.93. The zero-order valence-electron chi connectivity index (χ0n) is 15.7. The van der Waals surface area contributed by atoms with Crippen LogP contribution in [0.2, 0.25) is 0 Å². The number of rotatable bonds is 5. The fourth-order valence-electron chi connectivity index (χ4n) is 3.95. The Morgan fingerprint density at radius 3 is 3.04 bits per heavy atom. The zero-order valence-corrected chi connectivity index (χ0v) is 15.7. The van der Waals surface area contributed by atoms with E-state index in [1.165, 1.54) is 11.1 Å². The van der Waals surface area contributed by atoms with Crippen molar-refractivity contribution in [1.29, 1.82) is 0 Å². The average Bonchev–Trinajstić information content (AvgIpc) is 3.24. The first-order chi connectivity index (χ1) is 12.6. The Labute approximate surface area is 154 Å². The monoisotopic (exact) mass is 357 g/mol. The van der Waals surface area contributed by atoms with Gasteiger partial charge in [-0.25, -0.2) is 4.98 Å². The summed E-state index contributed by atoms with van der Waals surface area (Å²) >= 11 is 0. The maximum absolute atomic E-state index is 6.04. The lowest BCUT2D eigenvalue weighted by molar-refractivity contribution is -0.00407. The number of imidazole rings is 1. The van der Waals surface area contributed by atoms with Crippen molar-refractivity contribution >= 4 is 0 Å². The van der Waals surface area contributed by atoms with Gasteiger partial charge < -0.3 is 24.1 Å². The van der Waals surface area contributed by atoms with Crippen molar-refractivity contribution in [2.45, 2.75) is 51.0 Å². The summed E-state index contributed by atoms with van der Waals surface area (Å²) in [6.45, 7) is 3.65. The first-order valence-corrected chi connectivity index (χ1v) is 9.31. The molecule has 2 aliphatic rings. The van der Waals surface area contributed by atoms with E-state index in [1.807, 2.05) is 24.1 Å². The SMILES string of the molecule is COc1cc(CN[C@@H]2CCO[C@H](c3cncn3C)C2)c2c(c1)C[C@@H](C)O2. The summed E-state index contributed by atoms with van der Waals surface area (Å²) in [5.41, 5.74) is 3.55. The third-order valence-electron chi connectivity index (χ3n) is 5.33. The summed E-state index contributed by atoms with van der Waals surface area (Å²) in [7, 11) is 3.73. The second kappa shape index (κ2) is 7.29. The molecule has 3 atom stereocenters. The predicted molar refractivity (Wildman–Crippen MR) is 98.6 cm³/mol. The van der Waals surface area contributed by atoms with E-state index in [4.69, 9.17) is 14.2 Å². The van der Waals surface area contributed by atoms with E-state index >= 15 is 0 Å². The summed E-state index contributed by atoms with van der Waals surface area (Å²) in [6, 6.07) is 4.58. The van der Waals surface area contributed by atoms with E-state index in [9.17, 15) is 0 Å². The van der Waals surface area contributed by atoms with Crippen LogP contribution in [0.3, 0.4) is 0 Å². The molecule has 4 rings (SSSR count). The van der Waals surface area contributed by atoms with Crippen LogP contribution in [-0.2, 0) is 24.8 Å². The van der Waals surface area contributed by atoms with Crippen molar-refractivity contribution in [3.63, 3.8) is 0 Å². The molecule has 0 unspecified atom stereocenters. The fourth-order valence-corrected chi connectivity index (χ4v) is 3.95. The molecule has 1 aromatic heterocycles. The Bertz CT molecular complexity index is 774. The molecule has 1 N–H and O–H groups in total. The van der Waals surface area contributed by atoms with Gasteiger partial charge in [0.2, 0.25) is 0 Å². The van der Waals surface area contributed by atoms with Gasteiger partial charge >= 0.3 is 0 Å². The van der Waals surface area contributed by atoms with Crippen LogP contribution in [0.4, 0.5) is 0 Å². The van der Waals surface area contributed by atoms with Crippen molar-refractivity contribution in [1.82, 2.24) is 14.9 Å². The van der Waals surface area contributed by atoms with Crippen LogP contribution in [0, 0.1) is 0 Å². The Balaban J connectivity index is 1.44. The van der Waals surface area contributed by atoms with Gasteiger partial charge in [0.05, 0.1) is 25.3 Å². The Kier molecular flexibility index (Phi) is 4.87. The van der Waals surface area contributed by atoms with Gasteiger partial charge in [-0.05, 0) is 31.9 Å². The quantitative estimate of drug-likeness (QED) is 0.892. The highest BCUT2D eigenvalue weighted by Crippen LogP contribution is 2.36. The molecule has 2 aliphatic heterocycles. The molecule has 6 nitrogen and oxygen atoms in total. The molecule has 6 heteroatoms. The zero-order chi connectivity index (χ0) is 18.1. The summed E-state index contributed by atoms with van der Waals surface area (Å²) < 4.78 is 19.5. The molecular weight excluding hydrogens is 330 g/mol. The number of methoxy groups -OCH3 is 1. The van der Waals surface area contributed by atoms with E-state index < -0.39 is 0 Å². The van der Waals surface area contributed by atoms with Gasteiger partial charge in [0, 0.05) is 43.8 Å². The van der Waals surface area contributed by atoms with E-state index in [-0.39, 0.29) is 12.2 Å². The minimum Gasteiger partial charge on any atom is -0.497 e. The number of hydrogen-bond donors (Lipinski definition) is 1. The Morgan fingerprint density at radius 1 is 1.38 bits per heavy atom. The smallest absolute Gasteiger partial charge is 0.127 e. The second-order valence-corrected chi connectivity index (χ2v) is 7.30. The minimum absolute atomic E-state index is 0.0982. The lowest BCUT2D eigenvalue weighted by Crippen LogP contribution is -2.36. The lowest BCUT2D eigenvalue weighted by Gasteiger charge is -2.30. The van der Waals surface area contributed by atoms with Crippen molar-refractivity contribution in [3.05, 3.63) is 41.5 Å². The third kappa shape index (κ3) is 3.44. The first-order valence-electron chi connectivity index (χ1n) is 9.31. The molecule has 0 saturated carbocycles. The van der Waals surface area contributed by atoms with Crippen molar-refractivity contribution in [2.75, 3.05) is 13.7 Å². The fraction of sp³-hybridized carbons (Fsp3) is 0.550. The Hall–Kier alpha value is -2.05. The van der Waals surface area contributed by atoms with Crippen LogP contribution in [0.5, 0.6) is 11.5 Å². The van der Waals surface area contributed by atoms with Crippen LogP contribution >= 0.6 is 0 Å². The van der Waals surface area contributed by atoms with Gasteiger partial charge in [-0.15, -0.1) is 0 Å². The standard InChI is InChI=1S/C20H27N3O3/c1-13-6-14-7-17(24-3)8-15(20(14)26-13)10-22-16-4-5-25-19(9-16)18-11-21-12-23(18)2/h7-8,11-13,16,19,22H,4-6,9-10H2,1-3H3/t13-,16-,19+/m1/s1. The number of fused-ring (bicyclic) bond motifs is 1. The Morgan fingerprint density at radius 2 is 2.27 bits per heavy atom. The molecule has 140 valence electrons. The molecule has 1 aromatic carbocycles. The molecule has 3 heterocycles. The normalized spacial score (nSPS) is 25.0. The first kappa shape index (κ1) is 17.4. The van der Waals surface area contributed by atoms with Crippen LogP contribution in [0.15, 0.2) is 24.7 Å². The van der Waals surface area contributed by atoms with E-state index in [0.717, 1.165) is 49.6 Å². The molecular formula is C20H27N3O3. The van der Waals surface area contributed by atoms with Gasteiger partial charge in [-0.2, -0.15) is 0 Å². The lowest BCUT2D eigenvalue weighted by atomic mass is 10.00. The van der Waals surface area contributed by atoms with E-state index in [1.54, 1.807) is 7.11 Å². The summed E-state index contributed by atoms with van der Waals surface area (Å²) in [6.07, 6.45) is 6.96. The number of aryl methyl sites for hydroxylation is 1.